The molecule has 0 aromatic carbocycles. The summed E-state index contributed by atoms with van der Waals surface area (Å²) in [5.74, 6) is 0. The van der Waals surface area contributed by atoms with Crippen molar-refractivity contribution in [2.24, 2.45) is 0 Å². The normalized spacial score (nSPS) is 27.4. The Morgan fingerprint density at radius 2 is 2.06 bits per heavy atom. The third-order valence-electron chi connectivity index (χ3n) is 3.96. The van der Waals surface area contributed by atoms with E-state index in [0.717, 1.165) is 19.8 Å². The van der Waals surface area contributed by atoms with Crippen LogP contribution in [0.2, 0.25) is 0 Å². The largest absolute Gasteiger partial charge is 0.377 e. The Hall–Kier alpha value is -0.120. The molecule has 3 heteroatoms. The molecular formula is C14H27NO2. The number of rotatable bonds is 6. The highest BCUT2D eigenvalue weighted by atomic mass is 16.6. The van der Waals surface area contributed by atoms with Gasteiger partial charge in [0.1, 0.15) is 0 Å². The molecule has 3 nitrogen and oxygen atoms in total. The Balaban J connectivity index is 1.55. The van der Waals surface area contributed by atoms with E-state index >= 15 is 0 Å². The summed E-state index contributed by atoms with van der Waals surface area (Å²) >= 11 is 0. The summed E-state index contributed by atoms with van der Waals surface area (Å²) in [5, 5.41) is 3.35. The second kappa shape index (κ2) is 6.17. The van der Waals surface area contributed by atoms with Crippen LogP contribution in [0.4, 0.5) is 0 Å². The monoisotopic (exact) mass is 241 g/mol. The number of nitrogens with one attached hydrogen (secondary N) is 1. The van der Waals surface area contributed by atoms with Crippen molar-refractivity contribution in [1.29, 1.82) is 0 Å². The average molecular weight is 241 g/mol. The number of hydrogen-bond donors (Lipinski definition) is 1. The summed E-state index contributed by atoms with van der Waals surface area (Å²) < 4.78 is 11.9. The molecule has 1 atom stereocenters. The quantitative estimate of drug-likeness (QED) is 0.725. The van der Waals surface area contributed by atoms with Crippen LogP contribution in [0.15, 0.2) is 0 Å². The molecular weight excluding hydrogens is 214 g/mol. The van der Waals surface area contributed by atoms with Gasteiger partial charge in [-0.3, -0.25) is 0 Å². The summed E-state index contributed by atoms with van der Waals surface area (Å²) in [6.07, 6.45) is 8.06. The first kappa shape index (κ1) is 13.3. The van der Waals surface area contributed by atoms with E-state index in [1.807, 2.05) is 0 Å². The Morgan fingerprint density at radius 1 is 1.29 bits per heavy atom. The maximum atomic E-state index is 6.19. The van der Waals surface area contributed by atoms with Crippen LogP contribution >= 0.6 is 0 Å². The van der Waals surface area contributed by atoms with Gasteiger partial charge in [-0.05, 0) is 25.7 Å². The molecule has 1 unspecified atom stereocenters. The maximum absolute atomic E-state index is 6.19. The van der Waals surface area contributed by atoms with Crippen LogP contribution in [0.3, 0.4) is 0 Å². The average Bonchev–Trinajstić information content (AvgIpc) is 2.89. The van der Waals surface area contributed by atoms with E-state index in [0.29, 0.717) is 12.1 Å². The van der Waals surface area contributed by atoms with Gasteiger partial charge in [-0.15, -0.1) is 0 Å². The fraction of sp³-hybridized carbons (Fsp3) is 1.00. The van der Waals surface area contributed by atoms with E-state index in [1.165, 1.54) is 38.5 Å². The van der Waals surface area contributed by atoms with Crippen LogP contribution in [-0.2, 0) is 9.47 Å². The third-order valence-corrected chi connectivity index (χ3v) is 3.96. The summed E-state index contributed by atoms with van der Waals surface area (Å²) in [5.41, 5.74) is 0.254. The predicted octanol–water partition coefficient (Wildman–Crippen LogP) is 2.49. The lowest BCUT2D eigenvalue weighted by Crippen LogP contribution is -2.29. The Bertz CT molecular complexity index is 224. The van der Waals surface area contributed by atoms with Gasteiger partial charge in [0.25, 0.3) is 0 Å². The molecule has 2 aliphatic rings. The van der Waals surface area contributed by atoms with Crippen molar-refractivity contribution in [1.82, 2.24) is 5.32 Å². The van der Waals surface area contributed by atoms with Gasteiger partial charge in [-0.25, -0.2) is 0 Å². The standard InChI is InChI=1S/C14H27NO2/c1-12(2)15-9-10-16-11-13-5-8-14(17-13)6-3-4-7-14/h12-13,15H,3-11H2,1-2H3. The minimum Gasteiger partial charge on any atom is -0.377 e. The van der Waals surface area contributed by atoms with Gasteiger partial charge in [0.15, 0.2) is 0 Å². The van der Waals surface area contributed by atoms with Gasteiger partial charge >= 0.3 is 0 Å². The second-order valence-corrected chi connectivity index (χ2v) is 5.85. The molecule has 1 aliphatic heterocycles. The van der Waals surface area contributed by atoms with Crippen LogP contribution in [0.1, 0.15) is 52.4 Å². The Kier molecular flexibility index (Phi) is 4.83. The zero-order valence-electron chi connectivity index (χ0n) is 11.3. The Labute approximate surface area is 105 Å². The fourth-order valence-corrected chi connectivity index (χ4v) is 3.03. The molecule has 1 spiro atoms. The van der Waals surface area contributed by atoms with Crippen molar-refractivity contribution >= 4 is 0 Å². The molecule has 2 fully saturated rings. The van der Waals surface area contributed by atoms with Gasteiger partial charge in [0.05, 0.1) is 24.9 Å². The van der Waals surface area contributed by atoms with E-state index in [9.17, 15) is 0 Å². The summed E-state index contributed by atoms with van der Waals surface area (Å²) in [4.78, 5) is 0. The summed E-state index contributed by atoms with van der Waals surface area (Å²) in [6.45, 7) is 6.83. The van der Waals surface area contributed by atoms with Crippen molar-refractivity contribution in [3.63, 3.8) is 0 Å². The van der Waals surface area contributed by atoms with Crippen LogP contribution in [0, 0.1) is 0 Å². The van der Waals surface area contributed by atoms with E-state index in [-0.39, 0.29) is 5.60 Å². The minimum atomic E-state index is 0.254. The molecule has 0 aromatic rings. The molecule has 100 valence electrons. The molecule has 2 rings (SSSR count). The first-order valence-electron chi connectivity index (χ1n) is 7.19. The highest BCUT2D eigenvalue weighted by molar-refractivity contribution is 4.92. The molecule has 1 heterocycles. The van der Waals surface area contributed by atoms with Crippen molar-refractivity contribution in [2.45, 2.75) is 70.1 Å². The van der Waals surface area contributed by atoms with Crippen LogP contribution in [-0.4, -0.2) is 37.5 Å². The molecule has 0 amide bonds. The summed E-state index contributed by atoms with van der Waals surface area (Å²) in [7, 11) is 0. The van der Waals surface area contributed by atoms with Gasteiger partial charge < -0.3 is 14.8 Å². The van der Waals surface area contributed by atoms with E-state index < -0.39 is 0 Å². The van der Waals surface area contributed by atoms with Crippen molar-refractivity contribution in [3.8, 4) is 0 Å². The number of ether oxygens (including phenoxy) is 2. The first-order valence-corrected chi connectivity index (χ1v) is 7.19. The zero-order valence-corrected chi connectivity index (χ0v) is 11.3. The topological polar surface area (TPSA) is 30.5 Å². The molecule has 1 saturated carbocycles. The Morgan fingerprint density at radius 3 is 2.76 bits per heavy atom. The van der Waals surface area contributed by atoms with Crippen LogP contribution in [0.25, 0.3) is 0 Å². The highest BCUT2D eigenvalue weighted by Crippen LogP contribution is 2.43. The van der Waals surface area contributed by atoms with Crippen LogP contribution < -0.4 is 5.32 Å². The maximum Gasteiger partial charge on any atom is 0.0817 e. The zero-order chi connectivity index (χ0) is 12.1. The molecule has 17 heavy (non-hydrogen) atoms. The SMILES string of the molecule is CC(C)NCCOCC1CCC2(CCCC2)O1. The predicted molar refractivity (Wildman–Crippen MR) is 69.3 cm³/mol. The minimum absolute atomic E-state index is 0.254. The molecule has 1 saturated heterocycles. The lowest BCUT2D eigenvalue weighted by Gasteiger charge is -2.23. The van der Waals surface area contributed by atoms with Crippen molar-refractivity contribution in [2.75, 3.05) is 19.8 Å². The highest BCUT2D eigenvalue weighted by Gasteiger charge is 2.41. The first-order chi connectivity index (χ1) is 8.20. The molecule has 0 radical (unpaired) electrons. The second-order valence-electron chi connectivity index (χ2n) is 5.85. The fourth-order valence-electron chi connectivity index (χ4n) is 3.03. The van der Waals surface area contributed by atoms with Crippen molar-refractivity contribution < 1.29 is 9.47 Å². The van der Waals surface area contributed by atoms with E-state index in [2.05, 4.69) is 19.2 Å². The molecule has 0 aromatic heterocycles. The smallest absolute Gasteiger partial charge is 0.0817 e. The van der Waals surface area contributed by atoms with Gasteiger partial charge in [0.2, 0.25) is 0 Å². The van der Waals surface area contributed by atoms with Gasteiger partial charge in [0, 0.05) is 12.6 Å². The van der Waals surface area contributed by atoms with E-state index in [1.54, 1.807) is 0 Å². The van der Waals surface area contributed by atoms with Gasteiger partial charge in [-0.1, -0.05) is 26.7 Å². The molecule has 0 bridgehead atoms. The van der Waals surface area contributed by atoms with E-state index in [4.69, 9.17) is 9.47 Å². The number of hydrogen-bond acceptors (Lipinski definition) is 3. The van der Waals surface area contributed by atoms with Crippen molar-refractivity contribution in [3.05, 3.63) is 0 Å². The lowest BCUT2D eigenvalue weighted by atomic mass is 9.98. The third kappa shape index (κ3) is 3.94. The lowest BCUT2D eigenvalue weighted by molar-refractivity contribution is -0.0675. The summed E-state index contributed by atoms with van der Waals surface area (Å²) in [6, 6.07) is 0.545. The molecule has 1 aliphatic carbocycles. The van der Waals surface area contributed by atoms with Gasteiger partial charge in [-0.2, -0.15) is 0 Å². The van der Waals surface area contributed by atoms with Crippen LogP contribution in [0.5, 0.6) is 0 Å². The molecule has 1 N–H and O–H groups in total.